The van der Waals surface area contributed by atoms with Gasteiger partial charge < -0.3 is 10.2 Å². The first-order valence-electron chi connectivity index (χ1n) is 7.41. The number of hydrogen-bond donors (Lipinski definition) is 1. The van der Waals surface area contributed by atoms with Gasteiger partial charge in [-0.3, -0.25) is 4.79 Å². The summed E-state index contributed by atoms with van der Waals surface area (Å²) in [6.45, 7) is 2.23. The molecule has 0 aliphatic carbocycles. The average Bonchev–Trinajstić information content (AvgIpc) is 2.93. The highest BCUT2D eigenvalue weighted by atomic mass is 32.1. The Bertz CT molecular complexity index is 907. The van der Waals surface area contributed by atoms with Crippen LogP contribution in [0.1, 0.15) is 21.1 Å². The highest BCUT2D eigenvalue weighted by Gasteiger charge is 2.17. The summed E-state index contributed by atoms with van der Waals surface area (Å²) in [4.78, 5) is 24.1. The Balaban J connectivity index is 1.87. The van der Waals surface area contributed by atoms with Crippen molar-refractivity contribution in [3.8, 4) is 0 Å². The molecule has 124 valence electrons. The number of carbonyl (C=O) groups excluding carboxylic acids is 1. The van der Waals surface area contributed by atoms with Crippen LogP contribution in [-0.4, -0.2) is 30.0 Å². The van der Waals surface area contributed by atoms with E-state index in [1.165, 1.54) is 12.1 Å². The van der Waals surface area contributed by atoms with Gasteiger partial charge in [0.25, 0.3) is 5.91 Å². The minimum absolute atomic E-state index is 0.111. The molecule has 5 nitrogen and oxygen atoms in total. The van der Waals surface area contributed by atoms with Crippen LogP contribution in [0.2, 0.25) is 0 Å². The topological polar surface area (TPSA) is 58.1 Å². The average molecular weight is 344 g/mol. The lowest BCUT2D eigenvalue weighted by Crippen LogP contribution is -2.26. The Morgan fingerprint density at radius 3 is 2.83 bits per heavy atom. The van der Waals surface area contributed by atoms with Crippen molar-refractivity contribution in [2.75, 3.05) is 19.0 Å². The second kappa shape index (κ2) is 6.52. The molecular formula is C17H17FN4OS. The molecule has 1 aromatic carbocycles. The van der Waals surface area contributed by atoms with E-state index in [0.717, 1.165) is 21.6 Å². The van der Waals surface area contributed by atoms with Gasteiger partial charge in [-0.2, -0.15) is 0 Å². The Labute approximate surface area is 143 Å². The van der Waals surface area contributed by atoms with Gasteiger partial charge in [0.1, 0.15) is 11.6 Å². The van der Waals surface area contributed by atoms with Crippen LogP contribution in [0, 0.1) is 12.7 Å². The number of aromatic nitrogens is 2. The SMILES string of the molecule is Cc1scc2nc(C(=O)NCc3cccc(F)c3)nc(N(C)C)c12. The van der Waals surface area contributed by atoms with E-state index in [0.29, 0.717) is 5.56 Å². The van der Waals surface area contributed by atoms with E-state index in [-0.39, 0.29) is 24.1 Å². The zero-order valence-corrected chi connectivity index (χ0v) is 14.4. The van der Waals surface area contributed by atoms with Gasteiger partial charge >= 0.3 is 0 Å². The number of benzene rings is 1. The van der Waals surface area contributed by atoms with Crippen LogP contribution in [0.5, 0.6) is 0 Å². The Kier molecular flexibility index (Phi) is 4.44. The molecule has 0 spiro atoms. The number of fused-ring (bicyclic) bond motifs is 1. The van der Waals surface area contributed by atoms with E-state index in [1.807, 2.05) is 31.3 Å². The van der Waals surface area contributed by atoms with Gasteiger partial charge in [0.2, 0.25) is 5.82 Å². The number of nitrogens with one attached hydrogen (secondary N) is 1. The lowest BCUT2D eigenvalue weighted by atomic mass is 10.2. The molecule has 0 unspecified atom stereocenters. The largest absolute Gasteiger partial charge is 0.362 e. The molecule has 2 aromatic heterocycles. The van der Waals surface area contributed by atoms with Crippen molar-refractivity contribution in [2.24, 2.45) is 0 Å². The van der Waals surface area contributed by atoms with Crippen molar-refractivity contribution in [3.05, 3.63) is 51.7 Å². The van der Waals surface area contributed by atoms with Crippen LogP contribution in [0.4, 0.5) is 10.2 Å². The lowest BCUT2D eigenvalue weighted by Gasteiger charge is -2.14. The van der Waals surface area contributed by atoms with Crippen molar-refractivity contribution in [3.63, 3.8) is 0 Å². The number of hydrogen-bond acceptors (Lipinski definition) is 5. The molecule has 1 amide bonds. The van der Waals surface area contributed by atoms with E-state index < -0.39 is 0 Å². The first-order chi connectivity index (χ1) is 11.5. The molecule has 0 aliphatic rings. The maximum absolute atomic E-state index is 13.2. The fraction of sp³-hybridized carbons (Fsp3) is 0.235. The number of carbonyl (C=O) groups is 1. The molecule has 0 saturated heterocycles. The standard InChI is InChI=1S/C17H17FN4OS/c1-10-14-13(9-24-10)20-15(21-16(14)22(2)3)17(23)19-8-11-5-4-6-12(18)7-11/h4-7,9H,8H2,1-3H3,(H,19,23). The molecule has 0 saturated carbocycles. The molecule has 24 heavy (non-hydrogen) atoms. The summed E-state index contributed by atoms with van der Waals surface area (Å²) < 4.78 is 13.2. The third kappa shape index (κ3) is 3.21. The predicted molar refractivity (Wildman–Crippen MR) is 94.0 cm³/mol. The molecule has 3 rings (SSSR count). The van der Waals surface area contributed by atoms with Crippen molar-refractivity contribution >= 4 is 34.0 Å². The summed E-state index contributed by atoms with van der Waals surface area (Å²) in [5.74, 6) is 0.117. The number of nitrogens with zero attached hydrogens (tertiary/aromatic N) is 3. The number of halogens is 1. The zero-order chi connectivity index (χ0) is 17.3. The van der Waals surface area contributed by atoms with Crippen LogP contribution in [-0.2, 0) is 6.54 Å². The van der Waals surface area contributed by atoms with Gasteiger partial charge in [-0.05, 0) is 24.6 Å². The highest BCUT2D eigenvalue weighted by molar-refractivity contribution is 7.11. The minimum atomic E-state index is -0.381. The van der Waals surface area contributed by atoms with Crippen LogP contribution < -0.4 is 10.2 Å². The molecule has 2 heterocycles. The Morgan fingerprint density at radius 2 is 2.12 bits per heavy atom. The van der Waals surface area contributed by atoms with E-state index >= 15 is 0 Å². The summed E-state index contributed by atoms with van der Waals surface area (Å²) in [6, 6.07) is 6.11. The maximum atomic E-state index is 13.2. The summed E-state index contributed by atoms with van der Waals surface area (Å²) >= 11 is 1.58. The third-order valence-corrected chi connectivity index (χ3v) is 4.48. The predicted octanol–water partition coefficient (Wildman–Crippen LogP) is 3.13. The third-order valence-electron chi connectivity index (χ3n) is 3.59. The number of rotatable bonds is 4. The molecule has 0 radical (unpaired) electrons. The second-order valence-corrected chi connectivity index (χ2v) is 6.71. The number of thiophene rings is 1. The molecule has 0 atom stereocenters. The highest BCUT2D eigenvalue weighted by Crippen LogP contribution is 2.30. The summed E-state index contributed by atoms with van der Waals surface area (Å²) in [5, 5.41) is 5.62. The molecule has 1 N–H and O–H groups in total. The fourth-order valence-corrected chi connectivity index (χ4v) is 3.20. The van der Waals surface area contributed by atoms with E-state index in [2.05, 4.69) is 15.3 Å². The van der Waals surface area contributed by atoms with Crippen LogP contribution in [0.15, 0.2) is 29.6 Å². The van der Waals surface area contributed by atoms with E-state index in [4.69, 9.17) is 0 Å². The minimum Gasteiger partial charge on any atom is -0.362 e. The number of amides is 1. The van der Waals surface area contributed by atoms with Crippen molar-refractivity contribution in [1.29, 1.82) is 0 Å². The smallest absolute Gasteiger partial charge is 0.289 e. The zero-order valence-electron chi connectivity index (χ0n) is 13.6. The molecule has 3 aromatic rings. The lowest BCUT2D eigenvalue weighted by molar-refractivity contribution is 0.0941. The fourth-order valence-electron chi connectivity index (χ4n) is 2.43. The normalized spacial score (nSPS) is 10.8. The summed E-state index contributed by atoms with van der Waals surface area (Å²) in [7, 11) is 3.76. The van der Waals surface area contributed by atoms with Crippen molar-refractivity contribution in [1.82, 2.24) is 15.3 Å². The molecular weight excluding hydrogens is 327 g/mol. The van der Waals surface area contributed by atoms with Crippen LogP contribution in [0.25, 0.3) is 10.9 Å². The number of anilines is 1. The quantitative estimate of drug-likeness (QED) is 0.790. The molecule has 0 bridgehead atoms. The Morgan fingerprint density at radius 1 is 1.33 bits per heavy atom. The maximum Gasteiger partial charge on any atom is 0.289 e. The first kappa shape index (κ1) is 16.3. The summed E-state index contributed by atoms with van der Waals surface area (Å²) in [5.41, 5.74) is 1.44. The van der Waals surface area contributed by atoms with Crippen LogP contribution >= 0.6 is 11.3 Å². The second-order valence-electron chi connectivity index (χ2n) is 5.63. The number of aryl methyl sites for hydroxylation is 1. The van der Waals surface area contributed by atoms with Crippen LogP contribution in [0.3, 0.4) is 0 Å². The van der Waals surface area contributed by atoms with Gasteiger partial charge in [0.15, 0.2) is 0 Å². The summed E-state index contributed by atoms with van der Waals surface area (Å²) in [6.07, 6.45) is 0. The van der Waals surface area contributed by atoms with Gasteiger partial charge in [0.05, 0.1) is 10.9 Å². The van der Waals surface area contributed by atoms with Gasteiger partial charge in [0, 0.05) is 30.9 Å². The van der Waals surface area contributed by atoms with Gasteiger partial charge in [-0.25, -0.2) is 14.4 Å². The van der Waals surface area contributed by atoms with Crippen molar-refractivity contribution in [2.45, 2.75) is 13.5 Å². The molecule has 7 heteroatoms. The first-order valence-corrected chi connectivity index (χ1v) is 8.29. The Hall–Kier alpha value is -2.54. The molecule has 0 fully saturated rings. The van der Waals surface area contributed by atoms with Gasteiger partial charge in [-0.15, -0.1) is 11.3 Å². The molecule has 0 aliphatic heterocycles. The van der Waals surface area contributed by atoms with E-state index in [1.54, 1.807) is 23.5 Å². The van der Waals surface area contributed by atoms with Gasteiger partial charge in [-0.1, -0.05) is 12.1 Å². The monoisotopic (exact) mass is 344 g/mol. The van der Waals surface area contributed by atoms with Crippen molar-refractivity contribution < 1.29 is 9.18 Å². The van der Waals surface area contributed by atoms with E-state index in [9.17, 15) is 9.18 Å².